The Hall–Kier alpha value is -0.0800. The van der Waals surface area contributed by atoms with Gasteiger partial charge in [-0.2, -0.15) is 0 Å². The summed E-state index contributed by atoms with van der Waals surface area (Å²) in [4.78, 5) is 0. The standard InChI is InChI=1S/C12H26O2/c1-5-13-10-9-12(14-6-2)8-7-11(3)4/h11-12H,5-10H2,1-4H3. The van der Waals surface area contributed by atoms with Crippen molar-refractivity contribution in [3.63, 3.8) is 0 Å². The third kappa shape index (κ3) is 8.52. The molecule has 0 heterocycles. The van der Waals surface area contributed by atoms with E-state index < -0.39 is 0 Å². The minimum atomic E-state index is 0.397. The van der Waals surface area contributed by atoms with Gasteiger partial charge in [0.2, 0.25) is 0 Å². The van der Waals surface area contributed by atoms with Crippen LogP contribution in [0, 0.1) is 5.92 Å². The van der Waals surface area contributed by atoms with Crippen molar-refractivity contribution >= 4 is 0 Å². The number of hydrogen-bond donors (Lipinski definition) is 0. The van der Waals surface area contributed by atoms with Gasteiger partial charge in [-0.1, -0.05) is 13.8 Å². The third-order valence-electron chi connectivity index (χ3n) is 2.26. The van der Waals surface area contributed by atoms with Crippen molar-refractivity contribution in [2.45, 2.75) is 53.1 Å². The van der Waals surface area contributed by atoms with Gasteiger partial charge in [0.05, 0.1) is 6.10 Å². The van der Waals surface area contributed by atoms with E-state index in [1.54, 1.807) is 0 Å². The second-order valence-corrected chi connectivity index (χ2v) is 4.03. The average molecular weight is 202 g/mol. The topological polar surface area (TPSA) is 18.5 Å². The maximum absolute atomic E-state index is 5.66. The van der Waals surface area contributed by atoms with Crippen molar-refractivity contribution in [3.8, 4) is 0 Å². The van der Waals surface area contributed by atoms with Crippen LogP contribution in [0.3, 0.4) is 0 Å². The molecule has 0 aromatic carbocycles. The van der Waals surface area contributed by atoms with Crippen LogP contribution in [0.2, 0.25) is 0 Å². The normalized spacial score (nSPS) is 13.5. The first kappa shape index (κ1) is 13.9. The molecule has 0 N–H and O–H groups in total. The lowest BCUT2D eigenvalue weighted by atomic mass is 10.0. The van der Waals surface area contributed by atoms with E-state index in [1.165, 1.54) is 12.8 Å². The summed E-state index contributed by atoms with van der Waals surface area (Å²) in [6.45, 7) is 11.1. The van der Waals surface area contributed by atoms with Crippen LogP contribution in [0.4, 0.5) is 0 Å². The summed E-state index contributed by atoms with van der Waals surface area (Å²) in [5, 5.41) is 0. The van der Waals surface area contributed by atoms with E-state index in [9.17, 15) is 0 Å². The van der Waals surface area contributed by atoms with Gasteiger partial charge in [0, 0.05) is 19.8 Å². The second-order valence-electron chi connectivity index (χ2n) is 4.03. The SMILES string of the molecule is CCOCCC(CCC(C)C)OCC. The van der Waals surface area contributed by atoms with Crippen molar-refractivity contribution in [2.75, 3.05) is 19.8 Å². The fourth-order valence-corrected chi connectivity index (χ4v) is 1.43. The predicted molar refractivity (Wildman–Crippen MR) is 60.6 cm³/mol. The molecule has 1 atom stereocenters. The van der Waals surface area contributed by atoms with Crippen LogP contribution in [-0.2, 0) is 9.47 Å². The van der Waals surface area contributed by atoms with Gasteiger partial charge < -0.3 is 9.47 Å². The van der Waals surface area contributed by atoms with Crippen molar-refractivity contribution in [1.29, 1.82) is 0 Å². The molecule has 0 aliphatic rings. The fraction of sp³-hybridized carbons (Fsp3) is 1.00. The van der Waals surface area contributed by atoms with Gasteiger partial charge >= 0.3 is 0 Å². The van der Waals surface area contributed by atoms with E-state index >= 15 is 0 Å². The Morgan fingerprint density at radius 2 is 1.64 bits per heavy atom. The highest BCUT2D eigenvalue weighted by Crippen LogP contribution is 2.12. The van der Waals surface area contributed by atoms with Crippen LogP contribution in [-0.4, -0.2) is 25.9 Å². The lowest BCUT2D eigenvalue weighted by molar-refractivity contribution is 0.0223. The monoisotopic (exact) mass is 202 g/mol. The summed E-state index contributed by atoms with van der Waals surface area (Å²) in [5.74, 6) is 0.769. The maximum atomic E-state index is 5.66. The molecule has 0 aliphatic carbocycles. The lowest BCUT2D eigenvalue weighted by Gasteiger charge is -2.17. The van der Waals surface area contributed by atoms with Crippen molar-refractivity contribution in [3.05, 3.63) is 0 Å². The Bertz CT molecular complexity index is 113. The molecule has 0 aliphatic heterocycles. The van der Waals surface area contributed by atoms with Crippen LogP contribution in [0.25, 0.3) is 0 Å². The molecule has 14 heavy (non-hydrogen) atoms. The van der Waals surface area contributed by atoms with Crippen LogP contribution < -0.4 is 0 Å². The summed E-state index contributed by atoms with van der Waals surface area (Å²) in [5.41, 5.74) is 0. The van der Waals surface area contributed by atoms with Crippen LogP contribution in [0.5, 0.6) is 0 Å². The molecule has 0 aromatic rings. The Balaban J connectivity index is 3.54. The van der Waals surface area contributed by atoms with Gasteiger partial charge in [0.1, 0.15) is 0 Å². The van der Waals surface area contributed by atoms with E-state index in [0.29, 0.717) is 6.10 Å². The van der Waals surface area contributed by atoms with E-state index in [4.69, 9.17) is 9.47 Å². The van der Waals surface area contributed by atoms with Gasteiger partial charge in [0.15, 0.2) is 0 Å². The average Bonchev–Trinajstić information content (AvgIpc) is 2.14. The van der Waals surface area contributed by atoms with E-state index in [-0.39, 0.29) is 0 Å². The molecule has 0 bridgehead atoms. The molecule has 0 saturated heterocycles. The summed E-state index contributed by atoms with van der Waals surface area (Å²) in [7, 11) is 0. The minimum absolute atomic E-state index is 0.397. The molecule has 2 heteroatoms. The highest BCUT2D eigenvalue weighted by molar-refractivity contribution is 4.59. The van der Waals surface area contributed by atoms with Crippen molar-refractivity contribution < 1.29 is 9.47 Å². The van der Waals surface area contributed by atoms with Gasteiger partial charge in [-0.05, 0) is 39.0 Å². The lowest BCUT2D eigenvalue weighted by Crippen LogP contribution is -2.16. The van der Waals surface area contributed by atoms with Crippen LogP contribution >= 0.6 is 0 Å². The van der Waals surface area contributed by atoms with E-state index in [2.05, 4.69) is 20.8 Å². The molecule has 0 fully saturated rings. The van der Waals surface area contributed by atoms with E-state index in [0.717, 1.165) is 32.2 Å². The number of rotatable bonds is 9. The zero-order chi connectivity index (χ0) is 10.8. The first-order valence-electron chi connectivity index (χ1n) is 5.90. The fourth-order valence-electron chi connectivity index (χ4n) is 1.43. The van der Waals surface area contributed by atoms with Crippen molar-refractivity contribution in [2.24, 2.45) is 5.92 Å². The predicted octanol–water partition coefficient (Wildman–Crippen LogP) is 3.25. The highest BCUT2D eigenvalue weighted by Gasteiger charge is 2.08. The summed E-state index contributed by atoms with van der Waals surface area (Å²) >= 11 is 0. The Morgan fingerprint density at radius 3 is 2.14 bits per heavy atom. The first-order chi connectivity index (χ1) is 6.70. The highest BCUT2D eigenvalue weighted by atomic mass is 16.5. The summed E-state index contributed by atoms with van der Waals surface area (Å²) < 4.78 is 11.0. The molecular formula is C12H26O2. The molecule has 0 amide bonds. The number of ether oxygens (including phenoxy) is 2. The zero-order valence-corrected chi connectivity index (χ0v) is 10.2. The Morgan fingerprint density at radius 1 is 0.929 bits per heavy atom. The van der Waals surface area contributed by atoms with E-state index in [1.807, 2.05) is 6.92 Å². The third-order valence-corrected chi connectivity index (χ3v) is 2.26. The Labute approximate surface area is 89.0 Å². The quantitative estimate of drug-likeness (QED) is 0.534. The zero-order valence-electron chi connectivity index (χ0n) is 10.2. The molecule has 0 saturated carbocycles. The van der Waals surface area contributed by atoms with Crippen molar-refractivity contribution in [1.82, 2.24) is 0 Å². The summed E-state index contributed by atoms with van der Waals surface area (Å²) in [6, 6.07) is 0. The molecule has 86 valence electrons. The van der Waals surface area contributed by atoms with Gasteiger partial charge in [-0.15, -0.1) is 0 Å². The molecule has 0 radical (unpaired) electrons. The molecule has 2 nitrogen and oxygen atoms in total. The van der Waals surface area contributed by atoms with Gasteiger partial charge in [0.25, 0.3) is 0 Å². The Kier molecular flexibility index (Phi) is 9.42. The van der Waals surface area contributed by atoms with Crippen LogP contribution in [0.15, 0.2) is 0 Å². The molecule has 0 spiro atoms. The smallest absolute Gasteiger partial charge is 0.0597 e. The van der Waals surface area contributed by atoms with Crippen LogP contribution in [0.1, 0.15) is 47.0 Å². The van der Waals surface area contributed by atoms with Gasteiger partial charge in [-0.3, -0.25) is 0 Å². The molecule has 0 aromatic heterocycles. The largest absolute Gasteiger partial charge is 0.382 e. The molecule has 1 unspecified atom stereocenters. The minimum Gasteiger partial charge on any atom is -0.382 e. The summed E-state index contributed by atoms with van der Waals surface area (Å²) in [6.07, 6.45) is 3.85. The molecule has 0 rings (SSSR count). The second kappa shape index (κ2) is 9.47. The molecular weight excluding hydrogens is 176 g/mol. The van der Waals surface area contributed by atoms with Gasteiger partial charge in [-0.25, -0.2) is 0 Å². The number of hydrogen-bond acceptors (Lipinski definition) is 2. The first-order valence-corrected chi connectivity index (χ1v) is 5.90. The maximum Gasteiger partial charge on any atom is 0.0597 e.